The van der Waals surface area contributed by atoms with Crippen molar-refractivity contribution in [3.63, 3.8) is 0 Å². The first-order chi connectivity index (χ1) is 16.6. The van der Waals surface area contributed by atoms with Crippen LogP contribution in [0, 0.1) is 11.3 Å². The molecule has 2 aromatic heterocycles. The van der Waals surface area contributed by atoms with Gasteiger partial charge in [0.2, 0.25) is 5.88 Å². The molecule has 5 rings (SSSR count). The molecule has 0 N–H and O–H groups in total. The monoisotopic (exact) mass is 482 g/mol. The van der Waals surface area contributed by atoms with Crippen LogP contribution in [0.3, 0.4) is 0 Å². The van der Waals surface area contributed by atoms with Gasteiger partial charge >= 0.3 is 0 Å². The number of furan rings is 2. The third kappa shape index (κ3) is 4.27. The smallest absolute Gasteiger partial charge is 0.238 e. The van der Waals surface area contributed by atoms with Crippen LogP contribution in [0.25, 0.3) is 33.8 Å². The predicted molar refractivity (Wildman–Crippen MR) is 136 cm³/mol. The first-order valence-corrected chi connectivity index (χ1v) is 11.2. The second-order valence-corrected chi connectivity index (χ2v) is 8.26. The van der Waals surface area contributed by atoms with Gasteiger partial charge in [0.15, 0.2) is 0 Å². The van der Waals surface area contributed by atoms with Crippen LogP contribution in [0.1, 0.15) is 11.3 Å². The zero-order valence-electron chi connectivity index (χ0n) is 17.7. The van der Waals surface area contributed by atoms with Gasteiger partial charge in [-0.1, -0.05) is 83.9 Å². The summed E-state index contributed by atoms with van der Waals surface area (Å²) >= 11 is 12.4. The van der Waals surface area contributed by atoms with Crippen LogP contribution in [0.4, 0.5) is 5.88 Å². The van der Waals surface area contributed by atoms with Crippen LogP contribution in [0.5, 0.6) is 0 Å². The Hall–Kier alpha value is -4.04. The van der Waals surface area contributed by atoms with E-state index in [4.69, 9.17) is 32.0 Å². The zero-order valence-corrected chi connectivity index (χ0v) is 19.2. The highest BCUT2D eigenvalue weighted by Crippen LogP contribution is 2.42. The lowest BCUT2D eigenvalue weighted by atomic mass is 9.98. The molecule has 0 atom stereocenters. The van der Waals surface area contributed by atoms with Gasteiger partial charge in [0.1, 0.15) is 28.9 Å². The lowest BCUT2D eigenvalue weighted by Gasteiger charge is -2.03. The van der Waals surface area contributed by atoms with Crippen LogP contribution in [0.15, 0.2) is 105 Å². The van der Waals surface area contributed by atoms with E-state index in [0.29, 0.717) is 44.0 Å². The number of benzene rings is 3. The lowest BCUT2D eigenvalue weighted by molar-refractivity contribution is 0.572. The molecule has 0 aliphatic carbocycles. The molecule has 5 aromatic rings. The summed E-state index contributed by atoms with van der Waals surface area (Å²) in [6.45, 7) is 0. The van der Waals surface area contributed by atoms with Crippen LogP contribution < -0.4 is 0 Å². The Labute approximate surface area is 206 Å². The number of nitriles is 1. The summed E-state index contributed by atoms with van der Waals surface area (Å²) in [7, 11) is 0. The van der Waals surface area contributed by atoms with Crippen molar-refractivity contribution in [2.75, 3.05) is 0 Å². The van der Waals surface area contributed by atoms with E-state index < -0.39 is 0 Å². The van der Waals surface area contributed by atoms with Gasteiger partial charge in [0, 0.05) is 21.7 Å². The van der Waals surface area contributed by atoms with Crippen LogP contribution >= 0.6 is 23.2 Å². The molecule has 3 aromatic carbocycles. The number of hydrogen-bond donors (Lipinski definition) is 0. The van der Waals surface area contributed by atoms with Gasteiger partial charge in [0.05, 0.1) is 11.2 Å². The van der Waals surface area contributed by atoms with E-state index in [1.54, 1.807) is 30.3 Å². The average molecular weight is 483 g/mol. The summed E-state index contributed by atoms with van der Waals surface area (Å²) in [4.78, 5) is 4.46. The Morgan fingerprint density at radius 1 is 0.794 bits per heavy atom. The number of halogens is 2. The molecule has 0 aliphatic heterocycles. The van der Waals surface area contributed by atoms with Crippen molar-refractivity contribution in [3.8, 4) is 39.8 Å². The molecule has 0 radical (unpaired) electrons. The third-order valence-corrected chi connectivity index (χ3v) is 5.79. The molecule has 0 bridgehead atoms. The van der Waals surface area contributed by atoms with E-state index in [-0.39, 0.29) is 5.88 Å². The van der Waals surface area contributed by atoms with Gasteiger partial charge in [-0.15, -0.1) is 0 Å². The highest BCUT2D eigenvalue weighted by Gasteiger charge is 2.22. The third-order valence-electron chi connectivity index (χ3n) is 5.23. The molecule has 2 heterocycles. The molecular weight excluding hydrogens is 467 g/mol. The fraction of sp³-hybridized carbons (Fsp3) is 0. The highest BCUT2D eigenvalue weighted by atomic mass is 35.5. The van der Waals surface area contributed by atoms with Crippen molar-refractivity contribution in [2.24, 2.45) is 4.99 Å². The molecule has 0 saturated carbocycles. The molecule has 0 saturated heterocycles. The summed E-state index contributed by atoms with van der Waals surface area (Å²) in [5, 5.41) is 11.1. The largest absolute Gasteiger partial charge is 0.455 e. The number of rotatable bonds is 5. The lowest BCUT2D eigenvalue weighted by Crippen LogP contribution is -1.83. The molecule has 0 unspecified atom stereocenters. The Balaban J connectivity index is 1.56. The summed E-state index contributed by atoms with van der Waals surface area (Å²) < 4.78 is 12.0. The van der Waals surface area contributed by atoms with Crippen LogP contribution in [-0.2, 0) is 0 Å². The minimum atomic E-state index is 0.207. The standard InChI is InChI=1S/C28H16Cl2N2O2/c29-20-11-13-24(30)22(15-20)25-14-12-21(33-25)17-32-28-23(16-31)26(18-7-3-1-4-8-18)27(34-28)19-9-5-2-6-10-19/h1-15,17H. The van der Waals surface area contributed by atoms with E-state index in [1.165, 1.54) is 6.21 Å². The van der Waals surface area contributed by atoms with Gasteiger partial charge in [-0.3, -0.25) is 0 Å². The first kappa shape index (κ1) is 21.8. The van der Waals surface area contributed by atoms with Crippen molar-refractivity contribution >= 4 is 35.3 Å². The summed E-state index contributed by atoms with van der Waals surface area (Å²) in [6.07, 6.45) is 1.52. The Morgan fingerprint density at radius 2 is 1.50 bits per heavy atom. The van der Waals surface area contributed by atoms with Crippen molar-refractivity contribution < 1.29 is 8.83 Å². The second-order valence-electron chi connectivity index (χ2n) is 7.41. The predicted octanol–water partition coefficient (Wildman–Crippen LogP) is 8.80. The second kappa shape index (κ2) is 9.44. The molecule has 164 valence electrons. The van der Waals surface area contributed by atoms with Gasteiger partial charge in [-0.05, 0) is 35.9 Å². The van der Waals surface area contributed by atoms with Crippen molar-refractivity contribution in [3.05, 3.63) is 112 Å². The summed E-state index contributed by atoms with van der Waals surface area (Å²) in [5.74, 6) is 1.83. The summed E-state index contributed by atoms with van der Waals surface area (Å²) in [6, 6.07) is 30.3. The van der Waals surface area contributed by atoms with Gasteiger partial charge in [-0.2, -0.15) is 5.26 Å². The molecular formula is C28H16Cl2N2O2. The van der Waals surface area contributed by atoms with Crippen LogP contribution in [0.2, 0.25) is 10.0 Å². The Morgan fingerprint density at radius 3 is 2.21 bits per heavy atom. The van der Waals surface area contributed by atoms with E-state index >= 15 is 0 Å². The highest BCUT2D eigenvalue weighted by molar-refractivity contribution is 6.35. The molecule has 6 heteroatoms. The fourth-order valence-electron chi connectivity index (χ4n) is 3.66. The molecule has 0 spiro atoms. The SMILES string of the molecule is N#Cc1c(N=Cc2ccc(-c3cc(Cl)ccc3Cl)o2)oc(-c2ccccc2)c1-c1ccccc1. The maximum absolute atomic E-state index is 9.99. The van der Waals surface area contributed by atoms with E-state index in [1.807, 2.05) is 60.7 Å². The van der Waals surface area contributed by atoms with Crippen LogP contribution in [-0.4, -0.2) is 6.21 Å². The van der Waals surface area contributed by atoms with E-state index in [9.17, 15) is 5.26 Å². The molecule has 34 heavy (non-hydrogen) atoms. The molecule has 4 nitrogen and oxygen atoms in total. The Bertz CT molecular complexity index is 1530. The Kier molecular flexibility index (Phi) is 6.05. The fourth-order valence-corrected chi connectivity index (χ4v) is 4.05. The van der Waals surface area contributed by atoms with Crippen molar-refractivity contribution in [1.82, 2.24) is 0 Å². The topological polar surface area (TPSA) is 62.4 Å². The minimum absolute atomic E-state index is 0.207. The maximum Gasteiger partial charge on any atom is 0.238 e. The zero-order chi connectivity index (χ0) is 23.5. The quantitative estimate of drug-likeness (QED) is 0.235. The number of aliphatic imine (C=N–C) groups is 1. The van der Waals surface area contributed by atoms with E-state index in [0.717, 1.165) is 11.1 Å². The molecule has 0 fully saturated rings. The van der Waals surface area contributed by atoms with Gasteiger partial charge < -0.3 is 8.83 Å². The summed E-state index contributed by atoms with van der Waals surface area (Å²) in [5.41, 5.74) is 3.47. The van der Waals surface area contributed by atoms with Gasteiger partial charge in [-0.25, -0.2) is 4.99 Å². The van der Waals surface area contributed by atoms with Crippen molar-refractivity contribution in [1.29, 1.82) is 5.26 Å². The molecule has 0 amide bonds. The van der Waals surface area contributed by atoms with E-state index in [2.05, 4.69) is 11.1 Å². The number of nitrogens with zero attached hydrogens (tertiary/aromatic N) is 2. The first-order valence-electron chi connectivity index (χ1n) is 10.4. The normalized spacial score (nSPS) is 11.1. The van der Waals surface area contributed by atoms with Gasteiger partial charge in [0.25, 0.3) is 0 Å². The average Bonchev–Trinajstić information content (AvgIpc) is 3.50. The van der Waals surface area contributed by atoms with Crippen molar-refractivity contribution in [2.45, 2.75) is 0 Å². The number of hydrogen-bond acceptors (Lipinski definition) is 4. The minimum Gasteiger partial charge on any atom is -0.455 e. The maximum atomic E-state index is 9.99. The molecule has 0 aliphatic rings.